The van der Waals surface area contributed by atoms with E-state index in [4.69, 9.17) is 27.3 Å². The van der Waals surface area contributed by atoms with Crippen LogP contribution in [0.5, 0.6) is 0 Å². The van der Waals surface area contributed by atoms with Crippen LogP contribution in [0.3, 0.4) is 0 Å². The fraction of sp³-hybridized carbons (Fsp3) is 0.143. The molecule has 0 radical (unpaired) electrons. The Balaban J connectivity index is 1.81. The van der Waals surface area contributed by atoms with E-state index in [0.717, 1.165) is 28.0 Å². The van der Waals surface area contributed by atoms with Crippen LogP contribution in [0.1, 0.15) is 18.1 Å². The van der Waals surface area contributed by atoms with Crippen molar-refractivity contribution in [1.29, 1.82) is 0 Å². The van der Waals surface area contributed by atoms with Gasteiger partial charge in [0.2, 0.25) is 0 Å². The maximum Gasteiger partial charge on any atom is 0.182 e. The second kappa shape index (κ2) is 6.93. The third-order valence-electron chi connectivity index (χ3n) is 4.57. The predicted octanol–water partition coefficient (Wildman–Crippen LogP) is 4.02. The van der Waals surface area contributed by atoms with Gasteiger partial charge in [-0.15, -0.1) is 0 Å². The highest BCUT2D eigenvalue weighted by molar-refractivity contribution is 6.41. The molecule has 0 aliphatic carbocycles. The summed E-state index contributed by atoms with van der Waals surface area (Å²) in [6.45, 7) is 1.88. The molecule has 0 saturated carbocycles. The van der Waals surface area contributed by atoms with Gasteiger partial charge in [-0.25, -0.2) is 4.99 Å². The normalized spacial score (nSPS) is 18.9. The summed E-state index contributed by atoms with van der Waals surface area (Å²) < 4.78 is 0. The minimum Gasteiger partial charge on any atom is -0.382 e. The van der Waals surface area contributed by atoms with Gasteiger partial charge in [0.15, 0.2) is 5.66 Å². The molecule has 0 bridgehead atoms. The molecule has 0 unspecified atom stereocenters. The molecule has 3 aromatic rings. The Kier molecular flexibility index (Phi) is 4.46. The van der Waals surface area contributed by atoms with Crippen LogP contribution in [0.2, 0.25) is 5.02 Å². The van der Waals surface area contributed by atoms with Gasteiger partial charge in [-0.1, -0.05) is 35.9 Å². The third-order valence-corrected chi connectivity index (χ3v) is 4.77. The molecule has 2 N–H and O–H groups in total. The van der Waals surface area contributed by atoms with Crippen LogP contribution in [0.15, 0.2) is 77.2 Å². The van der Waals surface area contributed by atoms with Gasteiger partial charge >= 0.3 is 0 Å². The summed E-state index contributed by atoms with van der Waals surface area (Å²) >= 11 is 6.10. The number of benzene rings is 1. The van der Waals surface area contributed by atoms with Crippen LogP contribution in [0.25, 0.3) is 11.1 Å². The standard InChI is InChI=1S/C21H18ClN5/c1-14-20(23)27-21(26-14,10-15-4-3-7-24-11-15)18-6-2-5-16(8-18)17-9-19(22)13-25-12-17/h2-9,11-13H,10H2,1H3,(H2,23,27)/t21-/m0/s1. The van der Waals surface area contributed by atoms with E-state index in [-0.39, 0.29) is 0 Å². The number of nitrogens with two attached hydrogens (primary N) is 1. The molecule has 134 valence electrons. The number of rotatable bonds is 4. The molecule has 1 aromatic carbocycles. The number of pyridine rings is 2. The lowest BCUT2D eigenvalue weighted by molar-refractivity contribution is 0.479. The van der Waals surface area contributed by atoms with Crippen LogP contribution in [0.4, 0.5) is 0 Å². The van der Waals surface area contributed by atoms with E-state index in [0.29, 0.717) is 17.3 Å². The van der Waals surface area contributed by atoms with Crippen LogP contribution >= 0.6 is 11.6 Å². The molecular weight excluding hydrogens is 358 g/mol. The van der Waals surface area contributed by atoms with E-state index < -0.39 is 5.66 Å². The topological polar surface area (TPSA) is 76.5 Å². The number of amidine groups is 1. The van der Waals surface area contributed by atoms with Crippen molar-refractivity contribution in [2.75, 3.05) is 0 Å². The maximum atomic E-state index is 6.10. The molecule has 4 rings (SSSR count). The van der Waals surface area contributed by atoms with Crippen molar-refractivity contribution in [3.63, 3.8) is 0 Å². The van der Waals surface area contributed by atoms with Crippen molar-refractivity contribution in [2.24, 2.45) is 15.7 Å². The van der Waals surface area contributed by atoms with E-state index >= 15 is 0 Å². The fourth-order valence-corrected chi connectivity index (χ4v) is 3.43. The highest BCUT2D eigenvalue weighted by Gasteiger charge is 2.36. The second-order valence-corrected chi connectivity index (χ2v) is 6.96. The highest BCUT2D eigenvalue weighted by Crippen LogP contribution is 2.37. The molecule has 0 saturated heterocycles. The zero-order chi connectivity index (χ0) is 18.9. The molecule has 1 aliphatic rings. The van der Waals surface area contributed by atoms with Crippen LogP contribution in [0, 0.1) is 0 Å². The zero-order valence-corrected chi connectivity index (χ0v) is 15.6. The molecule has 0 fully saturated rings. The number of hydrogen-bond acceptors (Lipinski definition) is 5. The predicted molar refractivity (Wildman–Crippen MR) is 109 cm³/mol. The van der Waals surface area contributed by atoms with Gasteiger partial charge in [0.1, 0.15) is 5.84 Å². The molecule has 0 amide bonds. The Morgan fingerprint density at radius 3 is 2.56 bits per heavy atom. The summed E-state index contributed by atoms with van der Waals surface area (Å²) in [6, 6.07) is 13.9. The molecule has 2 aromatic heterocycles. The number of halogens is 1. The molecule has 1 atom stereocenters. The SMILES string of the molecule is CC1=N[C@](Cc2cccnc2)(c2cccc(-c3cncc(Cl)c3)c2)N=C1N. The van der Waals surface area contributed by atoms with Crippen molar-refractivity contribution in [3.8, 4) is 11.1 Å². The largest absolute Gasteiger partial charge is 0.382 e. The third kappa shape index (κ3) is 3.46. The van der Waals surface area contributed by atoms with Gasteiger partial charge in [0, 0.05) is 42.3 Å². The lowest BCUT2D eigenvalue weighted by Gasteiger charge is -2.24. The second-order valence-electron chi connectivity index (χ2n) is 6.52. The first kappa shape index (κ1) is 17.4. The summed E-state index contributed by atoms with van der Waals surface area (Å²) in [6.07, 6.45) is 7.58. The maximum absolute atomic E-state index is 6.10. The van der Waals surface area contributed by atoms with Gasteiger partial charge in [0.05, 0.1) is 10.7 Å². The number of hydrogen-bond donors (Lipinski definition) is 1. The van der Waals surface area contributed by atoms with Gasteiger partial charge < -0.3 is 5.73 Å². The van der Waals surface area contributed by atoms with Gasteiger partial charge in [-0.2, -0.15) is 0 Å². The molecule has 0 spiro atoms. The average molecular weight is 376 g/mol. The first-order chi connectivity index (χ1) is 13.1. The average Bonchev–Trinajstić information content (AvgIpc) is 2.97. The fourth-order valence-electron chi connectivity index (χ4n) is 3.25. The minimum atomic E-state index is -0.792. The van der Waals surface area contributed by atoms with Crippen LogP contribution in [-0.2, 0) is 12.1 Å². The number of aliphatic imine (C=N–C) groups is 2. The van der Waals surface area contributed by atoms with Gasteiger partial charge in [0.25, 0.3) is 0 Å². The summed E-state index contributed by atoms with van der Waals surface area (Å²) in [7, 11) is 0. The van der Waals surface area contributed by atoms with E-state index in [9.17, 15) is 0 Å². The van der Waals surface area contributed by atoms with E-state index in [2.05, 4.69) is 16.0 Å². The Morgan fingerprint density at radius 1 is 0.963 bits per heavy atom. The molecule has 5 nitrogen and oxygen atoms in total. The summed E-state index contributed by atoms with van der Waals surface area (Å²) in [5, 5.41) is 0.597. The molecule has 3 heterocycles. The van der Waals surface area contributed by atoms with E-state index in [1.807, 2.05) is 49.5 Å². The van der Waals surface area contributed by atoms with Gasteiger partial charge in [-0.05, 0) is 36.2 Å². The number of nitrogens with zero attached hydrogens (tertiary/aromatic N) is 4. The van der Waals surface area contributed by atoms with E-state index in [1.165, 1.54) is 0 Å². The minimum absolute atomic E-state index is 0.466. The van der Waals surface area contributed by atoms with Crippen molar-refractivity contribution in [1.82, 2.24) is 9.97 Å². The van der Waals surface area contributed by atoms with Crippen molar-refractivity contribution < 1.29 is 0 Å². The monoisotopic (exact) mass is 375 g/mol. The lowest BCUT2D eigenvalue weighted by atomic mass is 9.91. The molecule has 27 heavy (non-hydrogen) atoms. The van der Waals surface area contributed by atoms with Crippen LogP contribution < -0.4 is 5.73 Å². The Hall–Kier alpha value is -3.05. The van der Waals surface area contributed by atoms with E-state index in [1.54, 1.807) is 18.6 Å². The molecule has 1 aliphatic heterocycles. The summed E-state index contributed by atoms with van der Waals surface area (Å²) in [5.41, 5.74) is 9.99. The Morgan fingerprint density at radius 2 is 1.85 bits per heavy atom. The lowest BCUT2D eigenvalue weighted by Crippen LogP contribution is -2.23. The Bertz CT molecular complexity index is 1030. The van der Waals surface area contributed by atoms with Gasteiger partial charge in [-0.3, -0.25) is 15.0 Å². The highest BCUT2D eigenvalue weighted by atomic mass is 35.5. The van der Waals surface area contributed by atoms with Crippen LogP contribution in [-0.4, -0.2) is 21.5 Å². The smallest absolute Gasteiger partial charge is 0.182 e. The first-order valence-electron chi connectivity index (χ1n) is 8.58. The molecule has 6 heteroatoms. The quantitative estimate of drug-likeness (QED) is 0.748. The molecular formula is C21H18ClN5. The summed E-state index contributed by atoms with van der Waals surface area (Å²) in [5.74, 6) is 0.466. The number of aromatic nitrogens is 2. The van der Waals surface area contributed by atoms with Crippen molar-refractivity contribution in [2.45, 2.75) is 19.0 Å². The van der Waals surface area contributed by atoms with Crippen molar-refractivity contribution in [3.05, 3.63) is 83.4 Å². The Labute approximate surface area is 162 Å². The first-order valence-corrected chi connectivity index (χ1v) is 8.96. The zero-order valence-electron chi connectivity index (χ0n) is 14.8. The van der Waals surface area contributed by atoms with Crippen molar-refractivity contribution >= 4 is 23.1 Å². The summed E-state index contributed by atoms with van der Waals surface area (Å²) in [4.78, 5) is 18.0.